The Labute approximate surface area is 141 Å². The molecule has 1 unspecified atom stereocenters. The summed E-state index contributed by atoms with van der Waals surface area (Å²) in [4.78, 5) is 13.4. The van der Waals surface area contributed by atoms with Crippen molar-refractivity contribution in [1.82, 2.24) is 5.32 Å². The molecule has 23 heavy (non-hydrogen) atoms. The van der Waals surface area contributed by atoms with E-state index in [2.05, 4.69) is 17.4 Å². The molecular weight excluding hydrogens is 306 g/mol. The van der Waals surface area contributed by atoms with Gasteiger partial charge in [-0.15, -0.1) is 11.8 Å². The number of carbonyl (C=O) groups is 1. The van der Waals surface area contributed by atoms with Crippen molar-refractivity contribution in [1.29, 1.82) is 0 Å². The van der Waals surface area contributed by atoms with E-state index in [1.807, 2.05) is 42.5 Å². The third-order valence-corrected chi connectivity index (χ3v) is 5.01. The number of thioether (sulfide) groups is 1. The quantitative estimate of drug-likeness (QED) is 0.780. The zero-order chi connectivity index (χ0) is 16.1. The van der Waals surface area contributed by atoms with Gasteiger partial charge >= 0.3 is 0 Å². The molecule has 3 rings (SSSR count). The van der Waals surface area contributed by atoms with Crippen LogP contribution >= 0.6 is 11.8 Å². The molecule has 0 radical (unpaired) electrons. The Morgan fingerprint density at radius 1 is 1.17 bits per heavy atom. The summed E-state index contributed by atoms with van der Waals surface area (Å²) in [5.41, 5.74) is 1.21. The molecule has 1 aliphatic rings. The smallest absolute Gasteiger partial charge is 0.230 e. The van der Waals surface area contributed by atoms with Gasteiger partial charge < -0.3 is 10.1 Å². The number of rotatable bonds is 7. The maximum atomic E-state index is 12.3. The van der Waals surface area contributed by atoms with E-state index >= 15 is 0 Å². The average molecular weight is 327 g/mol. The van der Waals surface area contributed by atoms with Gasteiger partial charge in [0, 0.05) is 4.90 Å². The number of amides is 1. The third-order valence-electron chi connectivity index (χ3n) is 4.00. The lowest BCUT2D eigenvalue weighted by atomic mass is 10.0. The molecule has 120 valence electrons. The van der Waals surface area contributed by atoms with E-state index in [0.717, 1.165) is 10.6 Å². The second-order valence-corrected chi connectivity index (χ2v) is 6.81. The Kier molecular flexibility index (Phi) is 5.23. The molecule has 2 aromatic rings. The van der Waals surface area contributed by atoms with Gasteiger partial charge in [0.1, 0.15) is 5.75 Å². The van der Waals surface area contributed by atoms with E-state index < -0.39 is 0 Å². The molecule has 1 N–H and O–H groups in total. The first-order valence-electron chi connectivity index (χ1n) is 7.87. The molecular formula is C19H21NO2S. The monoisotopic (exact) mass is 327 g/mol. The molecule has 0 aliphatic heterocycles. The first-order valence-corrected chi connectivity index (χ1v) is 8.86. The van der Waals surface area contributed by atoms with Crippen molar-refractivity contribution in [2.45, 2.75) is 23.8 Å². The lowest BCUT2D eigenvalue weighted by molar-refractivity contribution is -0.119. The number of ether oxygens (including phenoxy) is 1. The maximum absolute atomic E-state index is 12.3. The van der Waals surface area contributed by atoms with Gasteiger partial charge in [0.15, 0.2) is 0 Å². The van der Waals surface area contributed by atoms with E-state index in [1.165, 1.54) is 18.4 Å². The summed E-state index contributed by atoms with van der Waals surface area (Å²) >= 11 is 1.55. The van der Waals surface area contributed by atoms with Crippen LogP contribution in [0.3, 0.4) is 0 Å². The largest absolute Gasteiger partial charge is 0.497 e. The van der Waals surface area contributed by atoms with Crippen molar-refractivity contribution in [3.8, 4) is 5.75 Å². The molecule has 3 nitrogen and oxygen atoms in total. The highest BCUT2D eigenvalue weighted by molar-refractivity contribution is 8.00. The Hall–Kier alpha value is -1.94. The fourth-order valence-electron chi connectivity index (χ4n) is 2.60. The summed E-state index contributed by atoms with van der Waals surface area (Å²) in [6.07, 6.45) is 2.40. The minimum absolute atomic E-state index is 0.0894. The van der Waals surface area contributed by atoms with Crippen LogP contribution in [0.1, 0.15) is 24.4 Å². The van der Waals surface area contributed by atoms with Crippen LogP contribution in [0.25, 0.3) is 0 Å². The van der Waals surface area contributed by atoms with Crippen LogP contribution < -0.4 is 10.1 Å². The maximum Gasteiger partial charge on any atom is 0.230 e. The minimum atomic E-state index is 0.0894. The fourth-order valence-corrected chi connectivity index (χ4v) is 3.31. The summed E-state index contributed by atoms with van der Waals surface area (Å²) in [7, 11) is 1.65. The topological polar surface area (TPSA) is 38.3 Å². The minimum Gasteiger partial charge on any atom is -0.497 e. The van der Waals surface area contributed by atoms with E-state index in [-0.39, 0.29) is 11.9 Å². The molecule has 1 amide bonds. The highest BCUT2D eigenvalue weighted by Crippen LogP contribution is 2.41. The lowest BCUT2D eigenvalue weighted by Crippen LogP contribution is -2.31. The number of benzene rings is 2. The summed E-state index contributed by atoms with van der Waals surface area (Å²) in [6.45, 7) is 0. The molecule has 2 aromatic carbocycles. The molecule has 1 saturated carbocycles. The Balaban J connectivity index is 1.55. The van der Waals surface area contributed by atoms with E-state index in [9.17, 15) is 4.79 Å². The average Bonchev–Trinajstić information content (AvgIpc) is 3.44. The predicted molar refractivity (Wildman–Crippen MR) is 93.8 cm³/mol. The van der Waals surface area contributed by atoms with Gasteiger partial charge in [0.25, 0.3) is 0 Å². The SMILES string of the molecule is COc1ccc(SCC(=O)NC(c2ccccc2)C2CC2)cc1. The normalized spacial score (nSPS) is 15.0. The number of hydrogen-bond acceptors (Lipinski definition) is 3. The van der Waals surface area contributed by atoms with Crippen LogP contribution in [-0.2, 0) is 4.79 Å². The molecule has 1 aliphatic carbocycles. The van der Waals surface area contributed by atoms with Gasteiger partial charge in [-0.3, -0.25) is 4.79 Å². The van der Waals surface area contributed by atoms with Gasteiger partial charge in [0.05, 0.1) is 18.9 Å². The van der Waals surface area contributed by atoms with Crippen LogP contribution in [0.15, 0.2) is 59.5 Å². The predicted octanol–water partition coefficient (Wildman–Crippen LogP) is 4.05. The van der Waals surface area contributed by atoms with Crippen molar-refractivity contribution in [3.05, 3.63) is 60.2 Å². The molecule has 1 atom stereocenters. The fraction of sp³-hybridized carbons (Fsp3) is 0.316. The standard InChI is InChI=1S/C19H21NO2S/c1-22-16-9-11-17(12-10-16)23-13-18(21)20-19(15-7-8-15)14-5-3-2-4-6-14/h2-6,9-12,15,19H,7-8,13H2,1H3,(H,20,21). The van der Waals surface area contributed by atoms with Crippen molar-refractivity contribution in [3.63, 3.8) is 0 Å². The Morgan fingerprint density at radius 2 is 1.87 bits per heavy atom. The van der Waals surface area contributed by atoms with Crippen molar-refractivity contribution < 1.29 is 9.53 Å². The molecule has 0 aromatic heterocycles. The summed E-state index contributed by atoms with van der Waals surface area (Å²) in [5.74, 6) is 1.94. The van der Waals surface area contributed by atoms with Crippen LogP contribution in [0.4, 0.5) is 0 Å². The zero-order valence-corrected chi connectivity index (χ0v) is 14.0. The van der Waals surface area contributed by atoms with Crippen LogP contribution in [0.5, 0.6) is 5.75 Å². The molecule has 0 saturated heterocycles. The van der Waals surface area contributed by atoms with Crippen molar-refractivity contribution in [2.24, 2.45) is 5.92 Å². The number of methoxy groups -OCH3 is 1. The van der Waals surface area contributed by atoms with Crippen LogP contribution in [-0.4, -0.2) is 18.8 Å². The van der Waals surface area contributed by atoms with Gasteiger partial charge in [0.2, 0.25) is 5.91 Å². The summed E-state index contributed by atoms with van der Waals surface area (Å²) < 4.78 is 5.14. The van der Waals surface area contributed by atoms with Gasteiger partial charge in [-0.25, -0.2) is 0 Å². The van der Waals surface area contributed by atoms with Gasteiger partial charge in [-0.1, -0.05) is 30.3 Å². The number of hydrogen-bond donors (Lipinski definition) is 1. The molecule has 0 heterocycles. The zero-order valence-electron chi connectivity index (χ0n) is 13.2. The van der Waals surface area contributed by atoms with Crippen molar-refractivity contribution >= 4 is 17.7 Å². The third kappa shape index (κ3) is 4.52. The van der Waals surface area contributed by atoms with Crippen LogP contribution in [0.2, 0.25) is 0 Å². The first kappa shape index (κ1) is 15.9. The second-order valence-electron chi connectivity index (χ2n) is 5.76. The van der Waals surface area contributed by atoms with Gasteiger partial charge in [-0.2, -0.15) is 0 Å². The Bertz CT molecular complexity index is 638. The van der Waals surface area contributed by atoms with Crippen LogP contribution in [0, 0.1) is 5.92 Å². The summed E-state index contributed by atoms with van der Waals surface area (Å²) in [5, 5.41) is 3.20. The van der Waals surface area contributed by atoms with Gasteiger partial charge in [-0.05, 0) is 48.6 Å². The molecule has 1 fully saturated rings. The van der Waals surface area contributed by atoms with Crippen molar-refractivity contribution in [2.75, 3.05) is 12.9 Å². The Morgan fingerprint density at radius 3 is 2.48 bits per heavy atom. The van der Waals surface area contributed by atoms with E-state index in [0.29, 0.717) is 11.7 Å². The molecule has 0 spiro atoms. The lowest BCUT2D eigenvalue weighted by Gasteiger charge is -2.18. The highest BCUT2D eigenvalue weighted by atomic mass is 32.2. The highest BCUT2D eigenvalue weighted by Gasteiger charge is 2.33. The molecule has 0 bridgehead atoms. The van der Waals surface area contributed by atoms with E-state index in [4.69, 9.17) is 4.74 Å². The molecule has 4 heteroatoms. The number of carbonyl (C=O) groups excluding carboxylic acids is 1. The number of nitrogens with one attached hydrogen (secondary N) is 1. The summed E-state index contributed by atoms with van der Waals surface area (Å²) in [6, 6.07) is 18.2. The van der Waals surface area contributed by atoms with E-state index in [1.54, 1.807) is 18.9 Å². The first-order chi connectivity index (χ1) is 11.3. The second kappa shape index (κ2) is 7.55.